The van der Waals surface area contributed by atoms with Gasteiger partial charge in [0.15, 0.2) is 5.60 Å². The van der Waals surface area contributed by atoms with Crippen LogP contribution in [-0.4, -0.2) is 22.3 Å². The van der Waals surface area contributed by atoms with Crippen LogP contribution in [0.3, 0.4) is 0 Å². The largest absolute Gasteiger partial charge is 0.476 e. The topological polar surface area (TPSA) is 111 Å². The maximum absolute atomic E-state index is 12.4. The van der Waals surface area contributed by atoms with Crippen molar-refractivity contribution < 1.29 is 19.2 Å². The number of carbonyl (C=O) groups is 2. The number of hydrogen-bond acceptors (Lipinski definition) is 5. The van der Waals surface area contributed by atoms with Gasteiger partial charge in [-0.3, -0.25) is 19.7 Å². The molecule has 0 radical (unpaired) electrons. The molecule has 0 saturated carbocycles. The van der Waals surface area contributed by atoms with Gasteiger partial charge in [-0.1, -0.05) is 12.1 Å². The number of nitro benzene ring substituents is 1. The van der Waals surface area contributed by atoms with E-state index in [1.165, 1.54) is 24.3 Å². The lowest BCUT2D eigenvalue weighted by Gasteiger charge is -2.32. The van der Waals surface area contributed by atoms with Crippen molar-refractivity contribution in [3.8, 4) is 5.75 Å². The molecule has 2 amide bonds. The number of nitro groups is 1. The zero-order chi connectivity index (χ0) is 18.2. The van der Waals surface area contributed by atoms with Crippen LogP contribution in [0.5, 0.6) is 5.75 Å². The third-order valence-electron chi connectivity index (χ3n) is 3.74. The fourth-order valence-corrected chi connectivity index (χ4v) is 2.39. The molecule has 0 fully saturated rings. The maximum Gasteiger partial charge on any atom is 0.270 e. The van der Waals surface area contributed by atoms with Crippen LogP contribution in [-0.2, 0) is 4.79 Å². The van der Waals surface area contributed by atoms with E-state index in [1.54, 1.807) is 32.0 Å². The minimum Gasteiger partial charge on any atom is -0.476 e. The Kier molecular flexibility index (Phi) is 3.88. The molecule has 1 aliphatic rings. The molecule has 0 spiro atoms. The number of fused-ring (bicyclic) bond motifs is 1. The first-order valence-corrected chi connectivity index (χ1v) is 7.47. The van der Waals surface area contributed by atoms with E-state index in [0.717, 1.165) is 0 Å². The van der Waals surface area contributed by atoms with E-state index in [2.05, 4.69) is 10.6 Å². The average molecular weight is 341 g/mol. The first kappa shape index (κ1) is 16.4. The first-order valence-electron chi connectivity index (χ1n) is 7.47. The standard InChI is InChI=1S/C17H15N3O5/c1-17(2)16(22)19-14-12(7-4-8-13(14)25-17)18-15(21)10-5-3-6-11(9-10)20(23)24/h3-9H,1-2H3,(H,18,21)(H,19,22). The summed E-state index contributed by atoms with van der Waals surface area (Å²) in [5.41, 5.74) is -0.366. The van der Waals surface area contributed by atoms with Crippen LogP contribution in [0.4, 0.5) is 17.1 Å². The van der Waals surface area contributed by atoms with Gasteiger partial charge in [-0.15, -0.1) is 0 Å². The van der Waals surface area contributed by atoms with Crippen LogP contribution in [0.2, 0.25) is 0 Å². The number of rotatable bonds is 3. The number of benzene rings is 2. The number of nitrogens with zero attached hydrogens (tertiary/aromatic N) is 1. The number of amides is 2. The second-order valence-electron chi connectivity index (χ2n) is 6.01. The smallest absolute Gasteiger partial charge is 0.270 e. The lowest BCUT2D eigenvalue weighted by molar-refractivity contribution is -0.384. The van der Waals surface area contributed by atoms with Crippen LogP contribution in [0.25, 0.3) is 0 Å². The highest BCUT2D eigenvalue weighted by Gasteiger charge is 2.36. The summed E-state index contributed by atoms with van der Waals surface area (Å²) >= 11 is 0. The third-order valence-corrected chi connectivity index (χ3v) is 3.74. The lowest BCUT2D eigenvalue weighted by atomic mass is 10.1. The molecule has 25 heavy (non-hydrogen) atoms. The third kappa shape index (κ3) is 3.14. The van der Waals surface area contributed by atoms with E-state index < -0.39 is 16.4 Å². The molecule has 0 saturated heterocycles. The SMILES string of the molecule is CC1(C)Oc2cccc(NC(=O)c3cccc([N+](=O)[O-])c3)c2NC1=O. The molecule has 8 nitrogen and oxygen atoms in total. The van der Waals surface area contributed by atoms with E-state index in [9.17, 15) is 19.7 Å². The van der Waals surface area contributed by atoms with Gasteiger partial charge >= 0.3 is 0 Å². The minimum absolute atomic E-state index is 0.134. The van der Waals surface area contributed by atoms with E-state index in [0.29, 0.717) is 17.1 Å². The number of non-ortho nitro benzene ring substituents is 1. The molecular weight excluding hydrogens is 326 g/mol. The first-order chi connectivity index (χ1) is 11.8. The van der Waals surface area contributed by atoms with Crippen LogP contribution >= 0.6 is 0 Å². The fourth-order valence-electron chi connectivity index (χ4n) is 2.39. The summed E-state index contributed by atoms with van der Waals surface area (Å²) in [5.74, 6) is -0.435. The van der Waals surface area contributed by atoms with Gasteiger partial charge in [0.25, 0.3) is 17.5 Å². The van der Waals surface area contributed by atoms with Crippen LogP contribution in [0, 0.1) is 10.1 Å². The molecule has 2 aromatic carbocycles. The predicted octanol–water partition coefficient (Wildman–Crippen LogP) is 2.96. The maximum atomic E-state index is 12.4. The molecule has 2 N–H and O–H groups in total. The molecule has 3 rings (SSSR count). The number of nitrogens with one attached hydrogen (secondary N) is 2. The molecule has 128 valence electrons. The van der Waals surface area contributed by atoms with E-state index >= 15 is 0 Å². The highest BCUT2D eigenvalue weighted by Crippen LogP contribution is 2.39. The van der Waals surface area contributed by atoms with Gasteiger partial charge in [-0.2, -0.15) is 0 Å². The Labute approximate surface area is 142 Å². The van der Waals surface area contributed by atoms with Gasteiger partial charge in [-0.25, -0.2) is 0 Å². The van der Waals surface area contributed by atoms with Crippen molar-refractivity contribution in [1.82, 2.24) is 0 Å². The molecule has 8 heteroatoms. The quantitative estimate of drug-likeness (QED) is 0.658. The molecular formula is C17H15N3O5. The Bertz CT molecular complexity index is 892. The molecule has 0 aliphatic carbocycles. The van der Waals surface area contributed by atoms with Crippen molar-refractivity contribution in [2.24, 2.45) is 0 Å². The summed E-state index contributed by atoms with van der Waals surface area (Å²) in [6.45, 7) is 3.28. The second kappa shape index (κ2) is 5.90. The van der Waals surface area contributed by atoms with Crippen LogP contribution in [0.1, 0.15) is 24.2 Å². The van der Waals surface area contributed by atoms with E-state index in [-0.39, 0.29) is 17.2 Å². The molecule has 1 aliphatic heterocycles. The van der Waals surface area contributed by atoms with Gasteiger partial charge in [0.2, 0.25) is 0 Å². The summed E-state index contributed by atoms with van der Waals surface area (Å²) in [6.07, 6.45) is 0. The van der Waals surface area contributed by atoms with Crippen molar-refractivity contribution in [2.45, 2.75) is 19.4 Å². The van der Waals surface area contributed by atoms with Crippen molar-refractivity contribution >= 4 is 28.9 Å². The lowest BCUT2D eigenvalue weighted by Crippen LogP contribution is -2.45. The van der Waals surface area contributed by atoms with Crippen LogP contribution in [0.15, 0.2) is 42.5 Å². The highest BCUT2D eigenvalue weighted by atomic mass is 16.6. The summed E-state index contributed by atoms with van der Waals surface area (Å²) < 4.78 is 5.66. The summed E-state index contributed by atoms with van der Waals surface area (Å²) in [6, 6.07) is 10.3. The Balaban J connectivity index is 1.90. The number of carbonyl (C=O) groups excluding carboxylic acids is 2. The monoisotopic (exact) mass is 341 g/mol. The molecule has 1 heterocycles. The van der Waals surface area contributed by atoms with Gasteiger partial charge in [0, 0.05) is 17.7 Å². The van der Waals surface area contributed by atoms with Crippen molar-refractivity contribution in [3.63, 3.8) is 0 Å². The Morgan fingerprint density at radius 1 is 1.24 bits per heavy atom. The van der Waals surface area contributed by atoms with Gasteiger partial charge < -0.3 is 15.4 Å². The van der Waals surface area contributed by atoms with Gasteiger partial charge in [-0.05, 0) is 32.0 Å². The Morgan fingerprint density at radius 3 is 2.68 bits per heavy atom. The highest BCUT2D eigenvalue weighted by molar-refractivity contribution is 6.10. The minimum atomic E-state index is -1.02. The number of para-hydroxylation sites is 1. The Hall–Kier alpha value is -3.42. The van der Waals surface area contributed by atoms with Crippen molar-refractivity contribution in [2.75, 3.05) is 10.6 Å². The second-order valence-corrected chi connectivity index (χ2v) is 6.01. The number of ether oxygens (including phenoxy) is 1. The summed E-state index contributed by atoms with van der Waals surface area (Å²) in [5, 5.41) is 16.2. The van der Waals surface area contributed by atoms with Crippen LogP contribution < -0.4 is 15.4 Å². The van der Waals surface area contributed by atoms with Gasteiger partial charge in [0.05, 0.1) is 10.6 Å². The molecule has 0 bridgehead atoms. The van der Waals surface area contributed by atoms with Crippen molar-refractivity contribution in [1.29, 1.82) is 0 Å². The predicted molar refractivity (Wildman–Crippen MR) is 90.8 cm³/mol. The molecule has 0 aromatic heterocycles. The fraction of sp³-hybridized carbons (Fsp3) is 0.176. The summed E-state index contributed by atoms with van der Waals surface area (Å²) in [4.78, 5) is 34.7. The zero-order valence-electron chi connectivity index (χ0n) is 13.5. The van der Waals surface area contributed by atoms with Gasteiger partial charge in [0.1, 0.15) is 11.4 Å². The van der Waals surface area contributed by atoms with Crippen molar-refractivity contribution in [3.05, 3.63) is 58.1 Å². The van der Waals surface area contributed by atoms with E-state index in [1.807, 2.05) is 0 Å². The molecule has 0 unspecified atom stereocenters. The number of hydrogen-bond donors (Lipinski definition) is 2. The Morgan fingerprint density at radius 2 is 1.96 bits per heavy atom. The average Bonchev–Trinajstić information content (AvgIpc) is 2.56. The molecule has 2 aromatic rings. The number of anilines is 2. The zero-order valence-corrected chi connectivity index (χ0v) is 13.5. The molecule has 0 atom stereocenters. The normalized spacial score (nSPS) is 14.7. The van der Waals surface area contributed by atoms with E-state index in [4.69, 9.17) is 4.74 Å². The summed E-state index contributed by atoms with van der Waals surface area (Å²) in [7, 11) is 0.